The number of hydrogen-bond acceptors (Lipinski definition) is 7. The second kappa shape index (κ2) is 10.3. The second-order valence-corrected chi connectivity index (χ2v) is 7.99. The lowest BCUT2D eigenvalue weighted by Gasteiger charge is -2.21. The van der Waals surface area contributed by atoms with Gasteiger partial charge in [0.15, 0.2) is 8.45 Å². The Hall–Kier alpha value is -2.58. The molecule has 0 aliphatic heterocycles. The zero-order valence-corrected chi connectivity index (χ0v) is 17.9. The smallest absolute Gasteiger partial charge is 0.311 e. The maximum atomic E-state index is 12.0. The number of amides is 1. The van der Waals surface area contributed by atoms with E-state index in [0.717, 1.165) is 5.56 Å². The summed E-state index contributed by atoms with van der Waals surface area (Å²) >= 11 is 0. The quantitative estimate of drug-likeness (QED) is 0.361. The van der Waals surface area contributed by atoms with Crippen LogP contribution in [0.3, 0.4) is 0 Å². The first-order chi connectivity index (χ1) is 13.8. The Morgan fingerprint density at radius 2 is 1.76 bits per heavy atom. The van der Waals surface area contributed by atoms with Crippen molar-refractivity contribution in [1.29, 1.82) is 0 Å². The number of nitrogens with zero attached hydrogens (tertiary/aromatic N) is 2. The molecule has 9 nitrogen and oxygen atoms in total. The number of carbonyl (C=O) groups excluding carboxylic acids is 1. The lowest BCUT2D eigenvalue weighted by atomic mass is 10.1. The normalized spacial score (nSPS) is 11.9. The predicted molar refractivity (Wildman–Crippen MR) is 112 cm³/mol. The minimum atomic E-state index is -1.02. The van der Waals surface area contributed by atoms with Crippen molar-refractivity contribution in [2.24, 2.45) is 0 Å². The van der Waals surface area contributed by atoms with Gasteiger partial charge in [0, 0.05) is 25.7 Å². The Labute approximate surface area is 171 Å². The van der Waals surface area contributed by atoms with Gasteiger partial charge in [0.05, 0.1) is 11.0 Å². The van der Waals surface area contributed by atoms with E-state index in [1.165, 1.54) is 11.0 Å². The molecule has 0 bridgehead atoms. The van der Waals surface area contributed by atoms with E-state index < -0.39 is 13.4 Å². The van der Waals surface area contributed by atoms with E-state index in [0.29, 0.717) is 11.3 Å². The van der Waals surface area contributed by atoms with E-state index in [2.05, 4.69) is 10.2 Å². The molecule has 0 fully saturated rings. The van der Waals surface area contributed by atoms with Crippen LogP contribution < -0.4 is 14.9 Å². The van der Waals surface area contributed by atoms with E-state index in [1.807, 2.05) is 6.92 Å². The maximum Gasteiger partial charge on any atom is 0.311 e. The highest BCUT2D eigenvalue weighted by Gasteiger charge is 2.20. The molecule has 0 aromatic heterocycles. The van der Waals surface area contributed by atoms with Gasteiger partial charge in [-0.3, -0.25) is 25.1 Å². The molecule has 0 saturated carbocycles. The number of hydrogen-bond donors (Lipinski definition) is 2. The van der Waals surface area contributed by atoms with Gasteiger partial charge in [-0.1, -0.05) is 0 Å². The first-order valence-corrected chi connectivity index (χ1v) is 10.1. The zero-order chi connectivity index (χ0) is 21.6. The standard InChI is InChI=1S/C19H25N4O5P/c1-13(28-29(20-2)21-3)15-8-11-17(23(25)26)18(12-15)27-16-9-6-14(7-10-16)19(24)22(4)5/h6-13,20-21H,1-5H3. The number of benzene rings is 2. The van der Waals surface area contributed by atoms with Crippen molar-refractivity contribution >= 4 is 20.0 Å². The highest BCUT2D eigenvalue weighted by atomic mass is 31.2. The Bertz CT molecular complexity index is 856. The summed E-state index contributed by atoms with van der Waals surface area (Å²) in [6.07, 6.45) is -0.316. The van der Waals surface area contributed by atoms with Crippen LogP contribution in [0.25, 0.3) is 0 Å². The van der Waals surface area contributed by atoms with Crippen LogP contribution in [-0.4, -0.2) is 43.9 Å². The fourth-order valence-corrected chi connectivity index (χ4v) is 3.38. The van der Waals surface area contributed by atoms with Crippen LogP contribution in [0, 0.1) is 10.1 Å². The van der Waals surface area contributed by atoms with E-state index >= 15 is 0 Å². The zero-order valence-electron chi connectivity index (χ0n) is 17.0. The highest BCUT2D eigenvalue weighted by molar-refractivity contribution is 7.48. The van der Waals surface area contributed by atoms with Gasteiger partial charge in [0.25, 0.3) is 5.91 Å². The molecule has 1 amide bonds. The predicted octanol–water partition coefficient (Wildman–Crippen LogP) is 3.83. The maximum absolute atomic E-state index is 12.0. The molecule has 2 N–H and O–H groups in total. The van der Waals surface area contributed by atoms with Crippen molar-refractivity contribution < 1.29 is 19.0 Å². The summed E-state index contributed by atoms with van der Waals surface area (Å²) in [6.45, 7) is 1.86. The number of nitrogens with one attached hydrogen (secondary N) is 2. The molecule has 0 spiro atoms. The van der Waals surface area contributed by atoms with Gasteiger partial charge in [-0.25, -0.2) is 0 Å². The molecular weight excluding hydrogens is 395 g/mol. The molecule has 2 aromatic carbocycles. The minimum absolute atomic E-state index is 0.105. The molecule has 10 heteroatoms. The van der Waals surface area contributed by atoms with Crippen LogP contribution in [0.15, 0.2) is 42.5 Å². The molecule has 0 heterocycles. The van der Waals surface area contributed by atoms with Crippen LogP contribution in [0.1, 0.15) is 28.9 Å². The number of rotatable bonds is 9. The fourth-order valence-electron chi connectivity index (χ4n) is 2.50. The van der Waals surface area contributed by atoms with Gasteiger partial charge in [0.2, 0.25) is 5.75 Å². The summed E-state index contributed by atoms with van der Waals surface area (Å²) in [6, 6.07) is 11.1. The number of nitro benzene ring substituents is 1. The van der Waals surface area contributed by atoms with Gasteiger partial charge in [-0.15, -0.1) is 0 Å². The summed E-state index contributed by atoms with van der Waals surface area (Å²) in [5, 5.41) is 17.4. The summed E-state index contributed by atoms with van der Waals surface area (Å²) in [5.41, 5.74) is 1.09. The van der Waals surface area contributed by atoms with Crippen molar-refractivity contribution in [2.45, 2.75) is 13.0 Å². The Morgan fingerprint density at radius 3 is 2.28 bits per heavy atom. The summed E-state index contributed by atoms with van der Waals surface area (Å²) in [7, 11) is 5.87. The molecule has 0 radical (unpaired) electrons. The van der Waals surface area contributed by atoms with Crippen LogP contribution >= 0.6 is 8.45 Å². The fraction of sp³-hybridized carbons (Fsp3) is 0.316. The topological polar surface area (TPSA) is 106 Å². The van der Waals surface area contributed by atoms with Crippen LogP contribution in [0.2, 0.25) is 0 Å². The Balaban J connectivity index is 2.28. The van der Waals surface area contributed by atoms with Crippen LogP contribution in [0.4, 0.5) is 5.69 Å². The Morgan fingerprint density at radius 1 is 1.14 bits per heavy atom. The lowest BCUT2D eigenvalue weighted by molar-refractivity contribution is -0.385. The summed E-state index contributed by atoms with van der Waals surface area (Å²) < 4.78 is 11.6. The molecule has 0 aliphatic carbocycles. The van der Waals surface area contributed by atoms with Gasteiger partial charge in [-0.2, -0.15) is 0 Å². The largest absolute Gasteiger partial charge is 0.450 e. The van der Waals surface area contributed by atoms with E-state index in [-0.39, 0.29) is 23.4 Å². The third-order valence-corrected chi connectivity index (χ3v) is 5.39. The molecule has 1 atom stereocenters. The second-order valence-electron chi connectivity index (χ2n) is 6.30. The number of nitro groups is 1. The van der Waals surface area contributed by atoms with E-state index in [4.69, 9.17) is 9.26 Å². The molecule has 29 heavy (non-hydrogen) atoms. The summed E-state index contributed by atoms with van der Waals surface area (Å²) in [4.78, 5) is 24.4. The van der Waals surface area contributed by atoms with Crippen molar-refractivity contribution in [3.63, 3.8) is 0 Å². The average Bonchev–Trinajstić information content (AvgIpc) is 2.71. The van der Waals surface area contributed by atoms with E-state index in [1.54, 1.807) is 64.6 Å². The first kappa shape index (κ1) is 22.7. The van der Waals surface area contributed by atoms with Gasteiger partial charge in [-0.05, 0) is 63.0 Å². The molecule has 0 saturated heterocycles. The first-order valence-electron chi connectivity index (χ1n) is 8.86. The van der Waals surface area contributed by atoms with Crippen LogP contribution in [0.5, 0.6) is 11.5 Å². The number of ether oxygens (including phenoxy) is 1. The minimum Gasteiger partial charge on any atom is -0.450 e. The third kappa shape index (κ3) is 5.95. The molecular formula is C19H25N4O5P. The molecule has 2 aromatic rings. The van der Waals surface area contributed by atoms with Crippen molar-refractivity contribution in [3.05, 3.63) is 63.7 Å². The highest BCUT2D eigenvalue weighted by Crippen LogP contribution is 2.38. The molecule has 2 rings (SSSR count). The van der Waals surface area contributed by atoms with Gasteiger partial charge < -0.3 is 14.2 Å². The van der Waals surface area contributed by atoms with E-state index in [9.17, 15) is 14.9 Å². The van der Waals surface area contributed by atoms with Gasteiger partial charge >= 0.3 is 5.69 Å². The SMILES string of the molecule is CNP(NC)OC(C)c1ccc([N+](=O)[O-])c(Oc2ccc(C(=O)N(C)C)cc2)c1. The average molecular weight is 420 g/mol. The molecule has 156 valence electrons. The molecule has 1 unspecified atom stereocenters. The number of carbonyl (C=O) groups is 1. The lowest BCUT2D eigenvalue weighted by Crippen LogP contribution is -2.21. The Kier molecular flexibility index (Phi) is 8.04. The van der Waals surface area contributed by atoms with Crippen molar-refractivity contribution in [3.8, 4) is 11.5 Å². The monoisotopic (exact) mass is 420 g/mol. The van der Waals surface area contributed by atoms with Gasteiger partial charge in [0.1, 0.15) is 5.75 Å². The molecule has 0 aliphatic rings. The summed E-state index contributed by atoms with van der Waals surface area (Å²) in [5.74, 6) is 0.357. The van der Waals surface area contributed by atoms with Crippen LogP contribution in [-0.2, 0) is 4.52 Å². The van der Waals surface area contributed by atoms with Crippen molar-refractivity contribution in [2.75, 3.05) is 28.2 Å². The van der Waals surface area contributed by atoms with Crippen molar-refractivity contribution in [1.82, 2.24) is 15.1 Å². The third-order valence-electron chi connectivity index (χ3n) is 4.05.